The number of halogens is 1. The first-order valence-corrected chi connectivity index (χ1v) is 14.5. The first-order chi connectivity index (χ1) is 20.2. The third kappa shape index (κ3) is 6.51. The molecule has 5 atom stereocenters. The number of benzene rings is 1. The number of carbonyl (C=O) groups excluding carboxylic acids is 4. The molecule has 10 nitrogen and oxygen atoms in total. The monoisotopic (exact) mass is 584 g/mol. The molecule has 2 fully saturated rings. The number of carbonyl (C=O) groups is 4. The van der Waals surface area contributed by atoms with Crippen LogP contribution in [0.25, 0.3) is 0 Å². The number of nitrogens with one attached hydrogen (secondary N) is 2. The van der Waals surface area contributed by atoms with Crippen LogP contribution in [-0.4, -0.2) is 78.1 Å². The smallest absolute Gasteiger partial charge is 0.410 e. The Bertz CT molecular complexity index is 1220. The lowest BCUT2D eigenvalue weighted by molar-refractivity contribution is -0.148. The predicted octanol–water partition coefficient (Wildman–Crippen LogP) is 3.21. The minimum atomic E-state index is -1.23. The summed E-state index contributed by atoms with van der Waals surface area (Å²) in [6.45, 7) is 7.79. The highest BCUT2D eigenvalue weighted by Crippen LogP contribution is 2.45. The van der Waals surface area contributed by atoms with E-state index in [2.05, 4.69) is 23.8 Å². The van der Waals surface area contributed by atoms with Crippen molar-refractivity contribution < 1.29 is 33.0 Å². The average molecular weight is 585 g/mol. The maximum Gasteiger partial charge on any atom is 0.410 e. The molecule has 0 aromatic heterocycles. The van der Waals surface area contributed by atoms with E-state index in [1.807, 2.05) is 6.08 Å². The number of ether oxygens (including phenoxy) is 2. The van der Waals surface area contributed by atoms with Crippen LogP contribution in [0.15, 0.2) is 43.5 Å². The van der Waals surface area contributed by atoms with Gasteiger partial charge in [0.15, 0.2) is 0 Å². The molecule has 1 aromatic rings. The number of nitrogens with zero attached hydrogens (tertiary/aromatic N) is 2. The predicted molar refractivity (Wildman–Crippen MR) is 153 cm³/mol. The normalized spacial score (nSPS) is 24.9. The quantitative estimate of drug-likeness (QED) is 0.208. The second-order valence-corrected chi connectivity index (χ2v) is 11.2. The number of likely N-dealkylation sites (N-methyl/N-ethyl adjacent to an activating group) is 1. The van der Waals surface area contributed by atoms with Crippen molar-refractivity contribution in [3.8, 4) is 0 Å². The first-order valence-electron chi connectivity index (χ1n) is 14.5. The molecule has 1 saturated heterocycles. The van der Waals surface area contributed by atoms with Gasteiger partial charge in [-0.2, -0.15) is 0 Å². The van der Waals surface area contributed by atoms with Gasteiger partial charge in [-0.25, -0.2) is 14.0 Å². The molecule has 0 bridgehead atoms. The minimum Gasteiger partial charge on any atom is -0.467 e. The van der Waals surface area contributed by atoms with Gasteiger partial charge in [0.1, 0.15) is 23.5 Å². The van der Waals surface area contributed by atoms with Crippen molar-refractivity contribution in [2.75, 3.05) is 20.7 Å². The molecule has 1 aromatic carbocycles. The summed E-state index contributed by atoms with van der Waals surface area (Å²) in [4.78, 5) is 55.9. The van der Waals surface area contributed by atoms with Gasteiger partial charge in [0.25, 0.3) is 0 Å². The van der Waals surface area contributed by atoms with E-state index in [1.165, 1.54) is 23.0 Å². The Balaban J connectivity index is 1.47. The maximum atomic E-state index is 14.2. The zero-order valence-corrected chi connectivity index (χ0v) is 24.4. The van der Waals surface area contributed by atoms with Crippen molar-refractivity contribution in [1.82, 2.24) is 20.4 Å². The van der Waals surface area contributed by atoms with Gasteiger partial charge in [0.2, 0.25) is 11.8 Å². The molecular weight excluding hydrogens is 543 g/mol. The Morgan fingerprint density at radius 2 is 1.98 bits per heavy atom. The molecule has 1 saturated carbocycles. The molecule has 2 heterocycles. The highest BCUT2D eigenvalue weighted by Gasteiger charge is 2.62. The fourth-order valence-electron chi connectivity index (χ4n) is 5.99. The SMILES string of the molecule is C=CCCCCC[C@H](NC)C(=O)N1C[C@H](OC(=O)N2Cc3cccc(F)c3C2)C[C@H]1C(=O)N[C@]1(C(=O)OC)CC1C=C. The van der Waals surface area contributed by atoms with Crippen LogP contribution in [0.1, 0.15) is 56.1 Å². The highest BCUT2D eigenvalue weighted by atomic mass is 19.1. The Morgan fingerprint density at radius 3 is 2.62 bits per heavy atom. The number of fused-ring (bicyclic) bond motifs is 1. The third-order valence-electron chi connectivity index (χ3n) is 8.54. The average Bonchev–Trinajstić information content (AvgIpc) is 3.30. The van der Waals surface area contributed by atoms with E-state index in [4.69, 9.17) is 9.47 Å². The molecule has 1 unspecified atom stereocenters. The van der Waals surface area contributed by atoms with E-state index in [0.717, 1.165) is 25.7 Å². The van der Waals surface area contributed by atoms with Gasteiger partial charge in [-0.3, -0.25) is 14.5 Å². The van der Waals surface area contributed by atoms with Crippen molar-refractivity contribution in [3.63, 3.8) is 0 Å². The van der Waals surface area contributed by atoms with Crippen molar-refractivity contribution in [2.24, 2.45) is 5.92 Å². The third-order valence-corrected chi connectivity index (χ3v) is 8.54. The van der Waals surface area contributed by atoms with E-state index >= 15 is 0 Å². The molecule has 0 radical (unpaired) electrons. The van der Waals surface area contributed by atoms with Crippen molar-refractivity contribution in [3.05, 3.63) is 60.5 Å². The highest BCUT2D eigenvalue weighted by molar-refractivity contribution is 5.96. The van der Waals surface area contributed by atoms with Gasteiger partial charge in [-0.1, -0.05) is 37.1 Å². The van der Waals surface area contributed by atoms with Gasteiger partial charge in [-0.15, -0.1) is 13.2 Å². The molecule has 11 heteroatoms. The number of rotatable bonds is 13. The molecule has 2 N–H and O–H groups in total. The zero-order valence-electron chi connectivity index (χ0n) is 24.4. The second-order valence-electron chi connectivity index (χ2n) is 11.2. The number of hydrogen-bond donors (Lipinski definition) is 2. The van der Waals surface area contributed by atoms with Crippen LogP contribution >= 0.6 is 0 Å². The molecule has 0 spiro atoms. The van der Waals surface area contributed by atoms with Gasteiger partial charge in [0, 0.05) is 24.4 Å². The molecule has 1 aliphatic carbocycles. The maximum absolute atomic E-state index is 14.2. The van der Waals surface area contributed by atoms with E-state index in [0.29, 0.717) is 24.0 Å². The van der Waals surface area contributed by atoms with Crippen LogP contribution in [0, 0.1) is 11.7 Å². The largest absolute Gasteiger partial charge is 0.467 e. The topological polar surface area (TPSA) is 117 Å². The summed E-state index contributed by atoms with van der Waals surface area (Å²) in [5, 5.41) is 5.88. The van der Waals surface area contributed by atoms with Gasteiger partial charge in [-0.05, 0) is 44.4 Å². The van der Waals surface area contributed by atoms with Crippen LogP contribution in [-0.2, 0) is 36.9 Å². The van der Waals surface area contributed by atoms with E-state index in [9.17, 15) is 23.6 Å². The number of likely N-dealkylation sites (tertiary alicyclic amines) is 1. The molecular formula is C31H41FN4O6. The summed E-state index contributed by atoms with van der Waals surface area (Å²) in [6.07, 6.45) is 6.67. The Labute approximate surface area is 246 Å². The van der Waals surface area contributed by atoms with Crippen LogP contribution in [0.5, 0.6) is 0 Å². The summed E-state index contributed by atoms with van der Waals surface area (Å²) in [5.41, 5.74) is -0.0587. The number of allylic oxidation sites excluding steroid dienone is 1. The van der Waals surface area contributed by atoms with Crippen LogP contribution in [0.3, 0.4) is 0 Å². The molecule has 228 valence electrons. The summed E-state index contributed by atoms with van der Waals surface area (Å²) >= 11 is 0. The van der Waals surface area contributed by atoms with Gasteiger partial charge >= 0.3 is 12.1 Å². The zero-order chi connectivity index (χ0) is 30.4. The fourth-order valence-corrected chi connectivity index (χ4v) is 5.99. The van der Waals surface area contributed by atoms with Gasteiger partial charge in [0.05, 0.1) is 26.2 Å². The Hall–Kier alpha value is -3.73. The standard InChI is InChI=1S/C31H41FN4O6/c1-5-7-8-9-10-14-25(33-3)28(38)36-18-22(42-30(40)35-17-20-12-11-13-24(32)23(20)19-35)15-26(36)27(37)34-31(29(39)41-4)16-21(31)6-2/h5-6,11-13,21-22,25-26,33H,1-2,7-10,14-19H2,3-4H3,(H,34,37)/t21?,22-,25+,26+,31-/m1/s1. The van der Waals surface area contributed by atoms with Crippen molar-refractivity contribution >= 4 is 23.9 Å². The summed E-state index contributed by atoms with van der Waals surface area (Å²) in [7, 11) is 2.95. The van der Waals surface area contributed by atoms with Crippen molar-refractivity contribution in [1.29, 1.82) is 0 Å². The first kappa shape index (κ1) is 31.2. The van der Waals surface area contributed by atoms with Crippen LogP contribution < -0.4 is 10.6 Å². The minimum absolute atomic E-state index is 0.0164. The Morgan fingerprint density at radius 1 is 1.19 bits per heavy atom. The second kappa shape index (κ2) is 13.5. The van der Waals surface area contributed by atoms with E-state index in [1.54, 1.807) is 25.3 Å². The van der Waals surface area contributed by atoms with Gasteiger partial charge < -0.3 is 25.0 Å². The lowest BCUT2D eigenvalue weighted by atomic mass is 10.0. The lowest BCUT2D eigenvalue weighted by Gasteiger charge is -2.29. The number of unbranched alkanes of at least 4 members (excludes halogenated alkanes) is 3. The van der Waals surface area contributed by atoms with Crippen LogP contribution in [0.4, 0.5) is 9.18 Å². The molecule has 3 aliphatic rings. The summed E-state index contributed by atoms with van der Waals surface area (Å²) in [5.74, 6) is -2.04. The van der Waals surface area contributed by atoms with Crippen LogP contribution in [0.2, 0.25) is 0 Å². The lowest BCUT2D eigenvalue weighted by Crippen LogP contribution is -2.55. The van der Waals surface area contributed by atoms with Crippen molar-refractivity contribution in [2.45, 2.75) is 81.8 Å². The molecule has 3 amide bonds. The Kier molecular flexibility index (Phi) is 10.0. The summed E-state index contributed by atoms with van der Waals surface area (Å²) in [6, 6.07) is 3.22. The number of methoxy groups -OCH3 is 1. The number of amides is 3. The van der Waals surface area contributed by atoms with E-state index in [-0.39, 0.29) is 43.7 Å². The number of hydrogen-bond acceptors (Lipinski definition) is 7. The molecule has 4 rings (SSSR count). The fraction of sp³-hybridized carbons (Fsp3) is 0.548. The van der Waals surface area contributed by atoms with E-state index < -0.39 is 41.7 Å². The number of esters is 1. The molecule has 2 aliphatic heterocycles. The summed E-state index contributed by atoms with van der Waals surface area (Å²) < 4.78 is 24.9. The molecule has 42 heavy (non-hydrogen) atoms.